The minimum atomic E-state index is -0.784. The van der Waals surface area contributed by atoms with E-state index in [2.05, 4.69) is 0 Å². The predicted octanol–water partition coefficient (Wildman–Crippen LogP) is 0.845. The Morgan fingerprint density at radius 2 is 1.90 bits per heavy atom. The Hall–Kier alpha value is -1.14. The molecule has 0 aliphatic carbocycles. The first-order chi connectivity index (χ1) is 9.99. The molecule has 2 aliphatic heterocycles. The second kappa shape index (κ2) is 6.32. The van der Waals surface area contributed by atoms with Gasteiger partial charge in [0.25, 0.3) is 0 Å². The smallest absolute Gasteiger partial charge is 0.311 e. The summed E-state index contributed by atoms with van der Waals surface area (Å²) in [6, 6.07) is 0. The summed E-state index contributed by atoms with van der Waals surface area (Å²) >= 11 is 0. The highest BCUT2D eigenvalue weighted by Gasteiger charge is 2.49. The van der Waals surface area contributed by atoms with Crippen LogP contribution < -0.4 is 5.73 Å². The molecule has 2 fully saturated rings. The van der Waals surface area contributed by atoms with E-state index in [1.165, 1.54) is 0 Å². The van der Waals surface area contributed by atoms with Crippen LogP contribution in [0.5, 0.6) is 0 Å². The lowest BCUT2D eigenvalue weighted by Crippen LogP contribution is -2.51. The van der Waals surface area contributed by atoms with Gasteiger partial charge in [-0.1, -0.05) is 13.3 Å². The molecule has 1 unspecified atom stereocenters. The monoisotopic (exact) mass is 298 g/mol. The van der Waals surface area contributed by atoms with Gasteiger partial charge in [-0.05, 0) is 25.7 Å². The Morgan fingerprint density at radius 1 is 1.24 bits per heavy atom. The van der Waals surface area contributed by atoms with Crippen LogP contribution in [-0.2, 0) is 14.3 Å². The maximum Gasteiger partial charge on any atom is 0.311 e. The van der Waals surface area contributed by atoms with E-state index < -0.39 is 16.8 Å². The molecule has 6 heteroatoms. The van der Waals surface area contributed by atoms with Gasteiger partial charge >= 0.3 is 5.97 Å². The molecule has 0 spiro atoms. The van der Waals surface area contributed by atoms with E-state index in [4.69, 9.17) is 10.5 Å². The number of amides is 1. The van der Waals surface area contributed by atoms with Gasteiger partial charge in [0.05, 0.1) is 10.8 Å². The predicted molar refractivity (Wildman–Crippen MR) is 77.7 cm³/mol. The van der Waals surface area contributed by atoms with Gasteiger partial charge in [0, 0.05) is 32.8 Å². The summed E-state index contributed by atoms with van der Waals surface area (Å²) in [6.45, 7) is 4.23. The molecule has 2 rings (SSSR count). The summed E-state index contributed by atoms with van der Waals surface area (Å²) < 4.78 is 5.34. The van der Waals surface area contributed by atoms with Gasteiger partial charge in [-0.15, -0.1) is 0 Å². The molecule has 2 heterocycles. The van der Waals surface area contributed by atoms with Crippen molar-refractivity contribution in [1.29, 1.82) is 0 Å². The molecule has 0 bridgehead atoms. The number of carboxylic acids is 1. The number of nitrogens with zero attached hydrogens (tertiary/aromatic N) is 1. The lowest BCUT2D eigenvalue weighted by molar-refractivity contribution is -0.151. The molecule has 1 atom stereocenters. The maximum atomic E-state index is 12.9. The number of aliphatic carboxylic acids is 1. The van der Waals surface area contributed by atoms with Crippen molar-refractivity contribution in [2.75, 3.05) is 32.8 Å². The van der Waals surface area contributed by atoms with Crippen molar-refractivity contribution in [3.63, 3.8) is 0 Å². The molecule has 0 aromatic rings. The second-order valence-corrected chi connectivity index (χ2v) is 6.41. The highest BCUT2D eigenvalue weighted by molar-refractivity contribution is 5.85. The van der Waals surface area contributed by atoms with E-state index in [1.54, 1.807) is 4.90 Å². The number of nitrogens with two attached hydrogens (primary N) is 1. The van der Waals surface area contributed by atoms with Crippen LogP contribution in [0.3, 0.4) is 0 Å². The quantitative estimate of drug-likeness (QED) is 0.785. The Morgan fingerprint density at radius 3 is 2.43 bits per heavy atom. The lowest BCUT2D eigenvalue weighted by Gasteiger charge is -2.38. The molecule has 0 aromatic heterocycles. The fourth-order valence-electron chi connectivity index (χ4n) is 3.61. The van der Waals surface area contributed by atoms with Crippen molar-refractivity contribution in [3.05, 3.63) is 0 Å². The third-order valence-electron chi connectivity index (χ3n) is 5.12. The van der Waals surface area contributed by atoms with Crippen LogP contribution in [0.15, 0.2) is 0 Å². The first-order valence-corrected chi connectivity index (χ1v) is 7.80. The Kier molecular flexibility index (Phi) is 4.88. The second-order valence-electron chi connectivity index (χ2n) is 6.41. The summed E-state index contributed by atoms with van der Waals surface area (Å²) in [7, 11) is 0. The van der Waals surface area contributed by atoms with Crippen LogP contribution in [0.25, 0.3) is 0 Å². The fourth-order valence-corrected chi connectivity index (χ4v) is 3.61. The number of ether oxygens (including phenoxy) is 1. The summed E-state index contributed by atoms with van der Waals surface area (Å²) in [5, 5.41) is 9.54. The molecule has 1 amide bonds. The average Bonchev–Trinajstić information content (AvgIpc) is 2.93. The number of likely N-dealkylation sites (tertiary alicyclic amines) is 1. The summed E-state index contributed by atoms with van der Waals surface area (Å²) in [6.07, 6.45) is 3.23. The Balaban J connectivity index is 2.12. The van der Waals surface area contributed by atoms with Crippen LogP contribution in [0.4, 0.5) is 0 Å². The lowest BCUT2D eigenvalue weighted by atomic mass is 9.78. The molecule has 3 N–H and O–H groups in total. The van der Waals surface area contributed by atoms with E-state index in [0.29, 0.717) is 58.5 Å². The molecule has 2 aliphatic rings. The van der Waals surface area contributed by atoms with Gasteiger partial charge in [-0.2, -0.15) is 0 Å². The van der Waals surface area contributed by atoms with E-state index in [0.717, 1.165) is 6.42 Å². The Labute approximate surface area is 125 Å². The standard InChI is InChI=1S/C15H26N2O4/c1-2-3-15(13(19)20)4-7-17(11-15)12(18)14(10-16)5-8-21-9-6-14/h2-11,16H2,1H3,(H,19,20). The van der Waals surface area contributed by atoms with Crippen LogP contribution in [0, 0.1) is 10.8 Å². The molecule has 0 aromatic carbocycles. The largest absolute Gasteiger partial charge is 0.481 e. The minimum Gasteiger partial charge on any atom is -0.481 e. The summed E-state index contributed by atoms with van der Waals surface area (Å²) in [4.78, 5) is 26.2. The SMILES string of the molecule is CCCC1(C(=O)O)CCN(C(=O)C2(CN)CCOCC2)C1. The van der Waals surface area contributed by atoms with Crippen molar-refractivity contribution >= 4 is 11.9 Å². The van der Waals surface area contributed by atoms with E-state index in [9.17, 15) is 14.7 Å². The van der Waals surface area contributed by atoms with Gasteiger partial charge in [-0.25, -0.2) is 0 Å². The first-order valence-electron chi connectivity index (χ1n) is 7.80. The first kappa shape index (κ1) is 16.2. The van der Waals surface area contributed by atoms with Crippen molar-refractivity contribution in [3.8, 4) is 0 Å². The van der Waals surface area contributed by atoms with E-state index in [-0.39, 0.29) is 5.91 Å². The zero-order chi connectivity index (χ0) is 15.5. The molecule has 0 saturated carbocycles. The van der Waals surface area contributed by atoms with E-state index in [1.807, 2.05) is 6.92 Å². The molecule has 120 valence electrons. The maximum absolute atomic E-state index is 12.9. The van der Waals surface area contributed by atoms with Gasteiger partial charge in [0.2, 0.25) is 5.91 Å². The van der Waals surface area contributed by atoms with Crippen LogP contribution in [0.2, 0.25) is 0 Å². The topological polar surface area (TPSA) is 92.9 Å². The highest BCUT2D eigenvalue weighted by atomic mass is 16.5. The van der Waals surface area contributed by atoms with Gasteiger partial charge in [-0.3, -0.25) is 9.59 Å². The zero-order valence-corrected chi connectivity index (χ0v) is 12.8. The number of carboxylic acid groups (broad SMARTS) is 1. The normalized spacial score (nSPS) is 28.6. The molecular formula is C15H26N2O4. The number of rotatable bonds is 5. The average molecular weight is 298 g/mol. The van der Waals surface area contributed by atoms with Crippen molar-refractivity contribution in [1.82, 2.24) is 4.90 Å². The van der Waals surface area contributed by atoms with Crippen molar-refractivity contribution in [2.24, 2.45) is 16.6 Å². The zero-order valence-electron chi connectivity index (χ0n) is 12.8. The van der Waals surface area contributed by atoms with Crippen molar-refractivity contribution < 1.29 is 19.4 Å². The van der Waals surface area contributed by atoms with Crippen LogP contribution >= 0.6 is 0 Å². The molecule has 6 nitrogen and oxygen atoms in total. The van der Waals surface area contributed by atoms with Crippen molar-refractivity contribution in [2.45, 2.75) is 39.0 Å². The van der Waals surface area contributed by atoms with Gasteiger partial charge in [0.1, 0.15) is 0 Å². The number of carbonyl (C=O) groups is 2. The number of carbonyl (C=O) groups excluding carboxylic acids is 1. The summed E-state index contributed by atoms with van der Waals surface area (Å²) in [5.74, 6) is -0.763. The van der Waals surface area contributed by atoms with Crippen LogP contribution in [-0.4, -0.2) is 54.7 Å². The third-order valence-corrected chi connectivity index (χ3v) is 5.12. The third kappa shape index (κ3) is 2.92. The number of hydrogen-bond acceptors (Lipinski definition) is 4. The molecular weight excluding hydrogens is 272 g/mol. The highest BCUT2D eigenvalue weighted by Crippen LogP contribution is 2.39. The fraction of sp³-hybridized carbons (Fsp3) is 0.867. The minimum absolute atomic E-state index is 0.0209. The van der Waals surface area contributed by atoms with E-state index >= 15 is 0 Å². The van der Waals surface area contributed by atoms with Gasteiger partial charge < -0.3 is 20.5 Å². The Bertz CT molecular complexity index is 406. The summed E-state index contributed by atoms with van der Waals surface area (Å²) in [5.41, 5.74) is 4.54. The number of hydrogen-bond donors (Lipinski definition) is 2. The van der Waals surface area contributed by atoms with Gasteiger partial charge in [0.15, 0.2) is 0 Å². The molecule has 21 heavy (non-hydrogen) atoms. The molecule has 0 radical (unpaired) electrons. The molecule has 2 saturated heterocycles. The van der Waals surface area contributed by atoms with Crippen LogP contribution in [0.1, 0.15) is 39.0 Å².